The SMILES string of the molecule is CCOC(=O)C1CCCN(C(=NC)NCc2ccccc2CN2CCCC2=O)C1.I. The van der Waals surface area contributed by atoms with Crippen molar-refractivity contribution in [2.45, 2.75) is 45.7 Å². The Hall–Kier alpha value is -1.84. The van der Waals surface area contributed by atoms with Crippen molar-refractivity contribution in [2.75, 3.05) is 33.3 Å². The Bertz CT molecular complexity index is 756. The molecule has 7 nitrogen and oxygen atoms in total. The molecule has 1 N–H and O–H groups in total. The number of carbonyl (C=O) groups is 2. The Kier molecular flexibility index (Phi) is 9.87. The zero-order valence-electron chi connectivity index (χ0n) is 17.9. The lowest BCUT2D eigenvalue weighted by molar-refractivity contribution is -0.149. The van der Waals surface area contributed by atoms with Crippen molar-refractivity contribution < 1.29 is 14.3 Å². The maximum Gasteiger partial charge on any atom is 0.310 e. The van der Waals surface area contributed by atoms with Crippen LogP contribution in [0.3, 0.4) is 0 Å². The first kappa shape index (κ1) is 24.4. The Labute approximate surface area is 196 Å². The van der Waals surface area contributed by atoms with E-state index in [0.29, 0.717) is 32.7 Å². The fraction of sp³-hybridized carbons (Fsp3) is 0.591. The molecule has 2 aliphatic heterocycles. The number of likely N-dealkylation sites (tertiary alicyclic amines) is 2. The number of carbonyl (C=O) groups excluding carboxylic acids is 2. The molecular weight excluding hydrogens is 495 g/mol. The van der Waals surface area contributed by atoms with Gasteiger partial charge in [-0.05, 0) is 37.3 Å². The zero-order valence-corrected chi connectivity index (χ0v) is 20.3. The predicted molar refractivity (Wildman–Crippen MR) is 128 cm³/mol. The molecule has 0 bridgehead atoms. The van der Waals surface area contributed by atoms with E-state index in [9.17, 15) is 9.59 Å². The van der Waals surface area contributed by atoms with Gasteiger partial charge in [-0.3, -0.25) is 14.6 Å². The van der Waals surface area contributed by atoms with Gasteiger partial charge in [0.25, 0.3) is 0 Å². The van der Waals surface area contributed by atoms with Crippen LogP contribution >= 0.6 is 24.0 Å². The molecule has 2 saturated heterocycles. The van der Waals surface area contributed by atoms with E-state index in [1.807, 2.05) is 24.0 Å². The molecular formula is C22H33IN4O3. The first-order chi connectivity index (χ1) is 14.1. The Morgan fingerprint density at radius 1 is 1.23 bits per heavy atom. The number of esters is 1. The van der Waals surface area contributed by atoms with Gasteiger partial charge in [0.15, 0.2) is 5.96 Å². The topological polar surface area (TPSA) is 74.2 Å². The van der Waals surface area contributed by atoms with Crippen molar-refractivity contribution in [3.05, 3.63) is 35.4 Å². The number of nitrogens with one attached hydrogen (secondary N) is 1. The highest BCUT2D eigenvalue weighted by atomic mass is 127. The summed E-state index contributed by atoms with van der Waals surface area (Å²) in [5, 5.41) is 3.44. The summed E-state index contributed by atoms with van der Waals surface area (Å²) in [5.74, 6) is 0.817. The molecule has 0 saturated carbocycles. The number of benzene rings is 1. The van der Waals surface area contributed by atoms with E-state index in [4.69, 9.17) is 4.74 Å². The number of aliphatic imine (C=N–C) groups is 1. The van der Waals surface area contributed by atoms with E-state index in [-0.39, 0.29) is 41.8 Å². The van der Waals surface area contributed by atoms with E-state index in [2.05, 4.69) is 27.3 Å². The second kappa shape index (κ2) is 12.1. The van der Waals surface area contributed by atoms with Crippen molar-refractivity contribution in [2.24, 2.45) is 10.9 Å². The summed E-state index contributed by atoms with van der Waals surface area (Å²) in [6, 6.07) is 8.21. The molecule has 0 aromatic heterocycles. The molecule has 30 heavy (non-hydrogen) atoms. The van der Waals surface area contributed by atoms with E-state index in [0.717, 1.165) is 49.4 Å². The van der Waals surface area contributed by atoms with Crippen LogP contribution in [0.4, 0.5) is 0 Å². The smallest absolute Gasteiger partial charge is 0.310 e. The molecule has 1 atom stereocenters. The fourth-order valence-corrected chi connectivity index (χ4v) is 4.09. The van der Waals surface area contributed by atoms with Gasteiger partial charge in [-0.2, -0.15) is 0 Å². The molecule has 2 aliphatic rings. The quantitative estimate of drug-likeness (QED) is 0.266. The Morgan fingerprint density at radius 2 is 2.00 bits per heavy atom. The first-order valence-electron chi connectivity index (χ1n) is 10.6. The number of halogens is 1. The van der Waals surface area contributed by atoms with Crippen LogP contribution in [0.25, 0.3) is 0 Å². The van der Waals surface area contributed by atoms with E-state index >= 15 is 0 Å². The summed E-state index contributed by atoms with van der Waals surface area (Å²) in [4.78, 5) is 32.6. The summed E-state index contributed by atoms with van der Waals surface area (Å²) in [7, 11) is 1.77. The van der Waals surface area contributed by atoms with E-state index in [1.165, 1.54) is 0 Å². The summed E-state index contributed by atoms with van der Waals surface area (Å²) in [5.41, 5.74) is 2.32. The molecule has 0 spiro atoms. The second-order valence-electron chi connectivity index (χ2n) is 7.63. The molecule has 166 valence electrons. The molecule has 8 heteroatoms. The molecule has 1 amide bonds. The molecule has 0 aliphatic carbocycles. The predicted octanol–water partition coefficient (Wildman–Crippen LogP) is 2.78. The number of guanidine groups is 1. The third-order valence-electron chi connectivity index (χ3n) is 5.64. The van der Waals surface area contributed by atoms with Crippen molar-refractivity contribution in [1.29, 1.82) is 0 Å². The minimum atomic E-state index is -0.117. The highest BCUT2D eigenvalue weighted by Crippen LogP contribution is 2.19. The van der Waals surface area contributed by atoms with Gasteiger partial charge in [0.1, 0.15) is 0 Å². The van der Waals surface area contributed by atoms with Crippen LogP contribution in [0.5, 0.6) is 0 Å². The number of amides is 1. The molecule has 1 aromatic carbocycles. The first-order valence-corrected chi connectivity index (χ1v) is 10.6. The van der Waals surface area contributed by atoms with Crippen LogP contribution in [-0.2, 0) is 27.4 Å². The van der Waals surface area contributed by atoms with Crippen LogP contribution in [0.15, 0.2) is 29.3 Å². The highest BCUT2D eigenvalue weighted by Gasteiger charge is 2.28. The van der Waals surface area contributed by atoms with Crippen molar-refractivity contribution in [1.82, 2.24) is 15.1 Å². The Balaban J connectivity index is 0.00000320. The molecule has 0 radical (unpaired) electrons. The summed E-state index contributed by atoms with van der Waals surface area (Å²) in [6.45, 7) is 5.88. The fourth-order valence-electron chi connectivity index (χ4n) is 4.09. The lowest BCUT2D eigenvalue weighted by Gasteiger charge is -2.34. The third kappa shape index (κ3) is 6.33. The van der Waals surface area contributed by atoms with E-state index in [1.54, 1.807) is 7.05 Å². The summed E-state index contributed by atoms with van der Waals surface area (Å²) < 4.78 is 5.20. The van der Waals surface area contributed by atoms with Crippen molar-refractivity contribution in [3.8, 4) is 0 Å². The molecule has 3 rings (SSSR count). The number of piperidine rings is 1. The minimum absolute atomic E-state index is 0. The van der Waals surface area contributed by atoms with Crippen LogP contribution < -0.4 is 5.32 Å². The largest absolute Gasteiger partial charge is 0.466 e. The second-order valence-corrected chi connectivity index (χ2v) is 7.63. The van der Waals surface area contributed by atoms with Gasteiger partial charge in [-0.15, -0.1) is 24.0 Å². The molecule has 1 aromatic rings. The summed E-state index contributed by atoms with van der Waals surface area (Å²) >= 11 is 0. The lowest BCUT2D eigenvalue weighted by Crippen LogP contribution is -2.48. The standard InChI is InChI=1S/C22H32N4O3.HI/c1-3-29-21(28)19-10-6-13-26(16-19)22(23-2)24-14-17-8-4-5-9-18(17)15-25-12-7-11-20(25)27;/h4-5,8-9,19H,3,6-7,10-16H2,1-2H3,(H,23,24);1H. The van der Waals surface area contributed by atoms with Gasteiger partial charge in [0.2, 0.25) is 5.91 Å². The highest BCUT2D eigenvalue weighted by molar-refractivity contribution is 14.0. The molecule has 2 fully saturated rings. The van der Waals surface area contributed by atoms with Gasteiger partial charge < -0.3 is 19.9 Å². The van der Waals surface area contributed by atoms with Gasteiger partial charge in [0, 0.05) is 46.2 Å². The number of hydrogen-bond acceptors (Lipinski definition) is 4. The minimum Gasteiger partial charge on any atom is -0.466 e. The normalized spacial score (nSPS) is 19.5. The maximum absolute atomic E-state index is 12.1. The third-order valence-corrected chi connectivity index (χ3v) is 5.64. The molecule has 2 heterocycles. The van der Waals surface area contributed by atoms with Gasteiger partial charge >= 0.3 is 5.97 Å². The number of ether oxygens (including phenoxy) is 1. The molecule has 1 unspecified atom stereocenters. The van der Waals surface area contributed by atoms with E-state index < -0.39 is 0 Å². The Morgan fingerprint density at radius 3 is 2.67 bits per heavy atom. The van der Waals surface area contributed by atoms with Crippen molar-refractivity contribution in [3.63, 3.8) is 0 Å². The van der Waals surface area contributed by atoms with Crippen LogP contribution in [0.2, 0.25) is 0 Å². The average Bonchev–Trinajstić information content (AvgIpc) is 3.14. The number of hydrogen-bond donors (Lipinski definition) is 1. The van der Waals surface area contributed by atoms with Gasteiger partial charge in [-0.1, -0.05) is 24.3 Å². The summed E-state index contributed by atoms with van der Waals surface area (Å²) in [6.07, 6.45) is 3.41. The zero-order chi connectivity index (χ0) is 20.6. The van der Waals surface area contributed by atoms with Gasteiger partial charge in [0.05, 0.1) is 12.5 Å². The van der Waals surface area contributed by atoms with Gasteiger partial charge in [-0.25, -0.2) is 0 Å². The monoisotopic (exact) mass is 528 g/mol. The number of rotatable bonds is 6. The van der Waals surface area contributed by atoms with Crippen molar-refractivity contribution >= 4 is 41.8 Å². The van der Waals surface area contributed by atoms with Crippen LogP contribution in [0, 0.1) is 5.92 Å². The van der Waals surface area contributed by atoms with Crippen LogP contribution in [-0.4, -0.2) is 60.9 Å². The lowest BCUT2D eigenvalue weighted by atomic mass is 9.98. The number of nitrogens with zero attached hydrogens (tertiary/aromatic N) is 3. The maximum atomic E-state index is 12.1. The van der Waals surface area contributed by atoms with Crippen LogP contribution in [0.1, 0.15) is 43.7 Å². The average molecular weight is 528 g/mol.